The summed E-state index contributed by atoms with van der Waals surface area (Å²) in [6, 6.07) is 0. The second-order valence-corrected chi connectivity index (χ2v) is 1.56. The van der Waals surface area contributed by atoms with Crippen molar-refractivity contribution < 1.29 is 4.79 Å². The topological polar surface area (TPSA) is 17.1 Å². The zero-order valence-corrected chi connectivity index (χ0v) is 4.81. The van der Waals surface area contributed by atoms with Crippen molar-refractivity contribution in [2.45, 2.75) is 12.8 Å². The van der Waals surface area contributed by atoms with Gasteiger partial charge in [0.05, 0.1) is 0 Å². The Morgan fingerprint density at radius 3 is 2.75 bits per heavy atom. The fourth-order valence-corrected chi connectivity index (χ4v) is 0.378. The molecule has 8 heavy (non-hydrogen) atoms. The summed E-state index contributed by atoms with van der Waals surface area (Å²) in [4.78, 5) is 9.67. The summed E-state index contributed by atoms with van der Waals surface area (Å²) in [5, 5.41) is 0. The third-order valence-corrected chi connectivity index (χ3v) is 0.755. The molecule has 43 valence electrons. The van der Waals surface area contributed by atoms with Gasteiger partial charge in [-0.05, 0) is 6.42 Å². The van der Waals surface area contributed by atoms with Crippen LogP contribution in [0.2, 0.25) is 0 Å². The molecule has 0 bridgehead atoms. The van der Waals surface area contributed by atoms with E-state index < -0.39 is 0 Å². The Kier molecular flexibility index (Phi) is 3.85. The van der Waals surface area contributed by atoms with Gasteiger partial charge >= 0.3 is 0 Å². The van der Waals surface area contributed by atoms with Gasteiger partial charge in [-0.15, -0.1) is 6.58 Å². The molecule has 0 aromatic heterocycles. The average molecular weight is 109 g/mol. The van der Waals surface area contributed by atoms with Gasteiger partial charge in [0.2, 0.25) is 6.29 Å². The second-order valence-electron chi connectivity index (χ2n) is 1.56. The standard InChI is InChI=1S/C7H9O/c1-3-4-7(2)5-6-8/h3H,1-2,4-5H2. The van der Waals surface area contributed by atoms with Crippen LogP contribution in [-0.2, 0) is 4.79 Å². The van der Waals surface area contributed by atoms with Crippen LogP contribution >= 0.6 is 0 Å². The van der Waals surface area contributed by atoms with E-state index in [1.165, 1.54) is 0 Å². The second kappa shape index (κ2) is 4.31. The maximum absolute atomic E-state index is 9.67. The molecule has 1 nitrogen and oxygen atoms in total. The van der Waals surface area contributed by atoms with E-state index in [4.69, 9.17) is 0 Å². The van der Waals surface area contributed by atoms with E-state index >= 15 is 0 Å². The molecule has 0 aliphatic heterocycles. The Labute approximate surface area is 49.7 Å². The van der Waals surface area contributed by atoms with Crippen LogP contribution in [0.4, 0.5) is 0 Å². The van der Waals surface area contributed by atoms with Crippen LogP contribution in [0.1, 0.15) is 12.8 Å². The fourth-order valence-electron chi connectivity index (χ4n) is 0.378. The minimum absolute atomic E-state index is 0.339. The molecule has 0 heterocycles. The van der Waals surface area contributed by atoms with Crippen LogP contribution in [0.5, 0.6) is 0 Å². The van der Waals surface area contributed by atoms with Crippen molar-refractivity contribution in [1.82, 2.24) is 0 Å². The number of hydrogen-bond donors (Lipinski definition) is 0. The molecule has 0 rings (SSSR count). The van der Waals surface area contributed by atoms with Gasteiger partial charge in [-0.1, -0.05) is 18.2 Å². The van der Waals surface area contributed by atoms with E-state index in [9.17, 15) is 4.79 Å². The van der Waals surface area contributed by atoms with E-state index in [0.717, 1.165) is 12.0 Å². The zero-order valence-electron chi connectivity index (χ0n) is 4.81. The molecule has 0 atom stereocenters. The molecule has 0 N–H and O–H groups in total. The highest BCUT2D eigenvalue weighted by Crippen LogP contribution is 2.00. The fraction of sp³-hybridized carbons (Fsp3) is 0.286. The van der Waals surface area contributed by atoms with Gasteiger partial charge in [0.15, 0.2) is 0 Å². The predicted octanol–water partition coefficient (Wildman–Crippen LogP) is 1.62. The van der Waals surface area contributed by atoms with Crippen molar-refractivity contribution in [1.29, 1.82) is 0 Å². The van der Waals surface area contributed by atoms with Crippen molar-refractivity contribution in [3.63, 3.8) is 0 Å². The molecule has 0 spiro atoms. The quantitative estimate of drug-likeness (QED) is 0.501. The highest BCUT2D eigenvalue weighted by molar-refractivity contribution is 5.54. The van der Waals surface area contributed by atoms with E-state index in [2.05, 4.69) is 13.2 Å². The van der Waals surface area contributed by atoms with Crippen molar-refractivity contribution in [3.8, 4) is 0 Å². The first-order valence-corrected chi connectivity index (χ1v) is 2.43. The van der Waals surface area contributed by atoms with Gasteiger partial charge in [0.1, 0.15) is 0 Å². The van der Waals surface area contributed by atoms with Gasteiger partial charge < -0.3 is 0 Å². The molecule has 0 aromatic rings. The van der Waals surface area contributed by atoms with Crippen LogP contribution < -0.4 is 0 Å². The van der Waals surface area contributed by atoms with Crippen LogP contribution in [0.15, 0.2) is 24.8 Å². The Bertz CT molecular complexity index is 91.0. The minimum atomic E-state index is 0.339. The molecule has 0 fully saturated rings. The SMILES string of the molecule is C=CCC(=C)C[C]=O. The Balaban J connectivity index is 3.32. The highest BCUT2D eigenvalue weighted by atomic mass is 16.1. The lowest BCUT2D eigenvalue weighted by atomic mass is 10.2. The Morgan fingerprint density at radius 2 is 2.38 bits per heavy atom. The first-order valence-electron chi connectivity index (χ1n) is 2.43. The summed E-state index contributed by atoms with van der Waals surface area (Å²) >= 11 is 0. The zero-order chi connectivity index (χ0) is 6.41. The predicted molar refractivity (Wildman–Crippen MR) is 34.3 cm³/mol. The monoisotopic (exact) mass is 109 g/mol. The largest absolute Gasteiger partial charge is 0.291 e. The molecule has 0 aliphatic carbocycles. The van der Waals surface area contributed by atoms with Gasteiger partial charge in [-0.2, -0.15) is 0 Å². The summed E-state index contributed by atoms with van der Waals surface area (Å²) in [6.45, 7) is 7.09. The van der Waals surface area contributed by atoms with Crippen molar-refractivity contribution in [3.05, 3.63) is 24.8 Å². The maximum atomic E-state index is 9.67. The van der Waals surface area contributed by atoms with Crippen LogP contribution in [0.25, 0.3) is 0 Å². The van der Waals surface area contributed by atoms with Crippen LogP contribution in [0.3, 0.4) is 0 Å². The number of rotatable bonds is 4. The number of allylic oxidation sites excluding steroid dienone is 2. The molecule has 0 aliphatic rings. The Hall–Kier alpha value is -0.850. The lowest BCUT2D eigenvalue weighted by Gasteiger charge is -1.89. The van der Waals surface area contributed by atoms with Gasteiger partial charge in [0.25, 0.3) is 0 Å². The van der Waals surface area contributed by atoms with Crippen molar-refractivity contribution >= 4 is 6.29 Å². The molecule has 0 saturated carbocycles. The summed E-state index contributed by atoms with van der Waals surface area (Å²) in [5.74, 6) is 0. The molecule has 1 radical (unpaired) electrons. The summed E-state index contributed by atoms with van der Waals surface area (Å²) in [7, 11) is 0. The van der Waals surface area contributed by atoms with E-state index in [1.54, 1.807) is 12.4 Å². The van der Waals surface area contributed by atoms with Gasteiger partial charge in [-0.3, -0.25) is 4.79 Å². The molecular weight excluding hydrogens is 100 g/mol. The first-order chi connectivity index (χ1) is 3.81. The minimum Gasteiger partial charge on any atom is -0.291 e. The number of carbonyl (C=O) groups excluding carboxylic acids is 1. The Morgan fingerprint density at radius 1 is 1.75 bits per heavy atom. The normalized spacial score (nSPS) is 8.00. The third-order valence-electron chi connectivity index (χ3n) is 0.755. The molecule has 0 unspecified atom stereocenters. The molecule has 0 saturated heterocycles. The highest BCUT2D eigenvalue weighted by Gasteiger charge is 1.86. The lowest BCUT2D eigenvalue weighted by molar-refractivity contribution is 0.554. The van der Waals surface area contributed by atoms with Gasteiger partial charge in [-0.25, -0.2) is 0 Å². The maximum Gasteiger partial charge on any atom is 0.202 e. The summed E-state index contributed by atoms with van der Waals surface area (Å²) in [6.07, 6.45) is 4.53. The van der Waals surface area contributed by atoms with Crippen molar-refractivity contribution in [2.24, 2.45) is 0 Å². The smallest absolute Gasteiger partial charge is 0.202 e. The molecule has 1 heteroatoms. The summed E-state index contributed by atoms with van der Waals surface area (Å²) in [5.41, 5.74) is 0.870. The van der Waals surface area contributed by atoms with E-state index in [-0.39, 0.29) is 0 Å². The van der Waals surface area contributed by atoms with Gasteiger partial charge in [0, 0.05) is 6.42 Å². The molecule has 0 aromatic carbocycles. The first kappa shape index (κ1) is 7.15. The molecular formula is C7H9O. The van der Waals surface area contributed by atoms with E-state index in [1.807, 2.05) is 0 Å². The van der Waals surface area contributed by atoms with E-state index in [0.29, 0.717) is 6.42 Å². The molecule has 0 amide bonds. The van der Waals surface area contributed by atoms with Crippen molar-refractivity contribution in [2.75, 3.05) is 0 Å². The third kappa shape index (κ3) is 3.34. The van der Waals surface area contributed by atoms with Crippen LogP contribution in [-0.4, -0.2) is 6.29 Å². The number of hydrogen-bond acceptors (Lipinski definition) is 1. The average Bonchev–Trinajstić information content (AvgIpc) is 1.68. The van der Waals surface area contributed by atoms with Crippen LogP contribution in [0, 0.1) is 0 Å². The summed E-state index contributed by atoms with van der Waals surface area (Å²) < 4.78 is 0. The lowest BCUT2D eigenvalue weighted by Crippen LogP contribution is -1.78.